The molecule has 0 radical (unpaired) electrons. The standard InChI is InChI=1S/C17H16IN3O4/c1-10(8-16(24)19-12-4-2-11(18)3-5-12)20-21-17(25)14-7-6-13(22)9-15(14)23/h2-7,9,22-23H,8H2,1H3,(H,19,24)(H,21,25)/b20-10+. The van der Waals surface area contributed by atoms with Crippen molar-refractivity contribution in [2.75, 3.05) is 5.32 Å². The van der Waals surface area contributed by atoms with Gasteiger partial charge < -0.3 is 15.5 Å². The molecule has 25 heavy (non-hydrogen) atoms. The Kier molecular flexibility index (Phi) is 6.34. The Morgan fingerprint density at radius 1 is 1.12 bits per heavy atom. The fraction of sp³-hybridized carbons (Fsp3) is 0.118. The Morgan fingerprint density at radius 2 is 1.80 bits per heavy atom. The van der Waals surface area contributed by atoms with Gasteiger partial charge in [-0.3, -0.25) is 9.59 Å². The minimum absolute atomic E-state index is 0.00776. The van der Waals surface area contributed by atoms with E-state index >= 15 is 0 Å². The Balaban J connectivity index is 1.91. The number of phenolic OH excluding ortho intramolecular Hbond substituents is 2. The number of carbonyl (C=O) groups excluding carboxylic acids is 2. The first-order chi connectivity index (χ1) is 11.8. The highest BCUT2D eigenvalue weighted by Crippen LogP contribution is 2.22. The number of hydrazone groups is 1. The van der Waals surface area contributed by atoms with Crippen molar-refractivity contribution in [3.8, 4) is 11.5 Å². The minimum Gasteiger partial charge on any atom is -0.508 e. The number of hydrogen-bond acceptors (Lipinski definition) is 5. The van der Waals surface area contributed by atoms with Crippen molar-refractivity contribution in [2.24, 2.45) is 5.10 Å². The number of benzene rings is 2. The van der Waals surface area contributed by atoms with Crippen molar-refractivity contribution in [1.82, 2.24) is 5.43 Å². The molecule has 0 unspecified atom stereocenters. The molecule has 0 heterocycles. The van der Waals surface area contributed by atoms with Crippen LogP contribution < -0.4 is 10.7 Å². The average Bonchev–Trinajstić information content (AvgIpc) is 2.54. The molecule has 2 rings (SSSR count). The summed E-state index contributed by atoms with van der Waals surface area (Å²) in [5, 5.41) is 25.4. The molecule has 0 aromatic heterocycles. The zero-order valence-corrected chi connectivity index (χ0v) is 15.4. The van der Waals surface area contributed by atoms with Crippen molar-refractivity contribution in [1.29, 1.82) is 0 Å². The largest absolute Gasteiger partial charge is 0.508 e. The van der Waals surface area contributed by atoms with Crippen LogP contribution in [0.15, 0.2) is 47.6 Å². The summed E-state index contributed by atoms with van der Waals surface area (Å²) in [6, 6.07) is 10.9. The molecule has 0 aliphatic heterocycles. The van der Waals surface area contributed by atoms with Gasteiger partial charge in [0, 0.05) is 21.0 Å². The average molecular weight is 453 g/mol. The molecule has 0 fully saturated rings. The van der Waals surface area contributed by atoms with Gasteiger partial charge in [-0.1, -0.05) is 0 Å². The first-order valence-electron chi connectivity index (χ1n) is 7.26. The smallest absolute Gasteiger partial charge is 0.275 e. The topological polar surface area (TPSA) is 111 Å². The molecule has 0 aliphatic carbocycles. The first-order valence-corrected chi connectivity index (χ1v) is 8.34. The van der Waals surface area contributed by atoms with Crippen LogP contribution in [0.2, 0.25) is 0 Å². The number of amides is 2. The molecule has 2 aromatic rings. The SMILES string of the molecule is C/C(CC(=O)Nc1ccc(I)cc1)=N\NC(=O)c1ccc(O)cc1O. The van der Waals surface area contributed by atoms with Gasteiger partial charge in [0.15, 0.2) is 0 Å². The number of halogens is 1. The second-order valence-electron chi connectivity index (χ2n) is 5.22. The number of hydrogen-bond donors (Lipinski definition) is 4. The fourth-order valence-electron chi connectivity index (χ4n) is 1.93. The fourth-order valence-corrected chi connectivity index (χ4v) is 2.29. The summed E-state index contributed by atoms with van der Waals surface area (Å²) in [7, 11) is 0. The van der Waals surface area contributed by atoms with Crippen LogP contribution in [0.1, 0.15) is 23.7 Å². The van der Waals surface area contributed by atoms with Crippen molar-refractivity contribution in [3.63, 3.8) is 0 Å². The summed E-state index contributed by atoms with van der Waals surface area (Å²) in [5.41, 5.74) is 3.31. The van der Waals surface area contributed by atoms with E-state index in [1.54, 1.807) is 19.1 Å². The van der Waals surface area contributed by atoms with Gasteiger partial charge in [0.25, 0.3) is 5.91 Å². The van der Waals surface area contributed by atoms with Gasteiger partial charge in [-0.25, -0.2) is 5.43 Å². The monoisotopic (exact) mass is 453 g/mol. The second kappa shape index (κ2) is 8.47. The van der Waals surface area contributed by atoms with Gasteiger partial charge in [-0.05, 0) is 65.9 Å². The molecular formula is C17H16IN3O4. The van der Waals surface area contributed by atoms with Gasteiger partial charge in [0.2, 0.25) is 5.91 Å². The zero-order valence-electron chi connectivity index (χ0n) is 13.3. The first kappa shape index (κ1) is 18.7. The third kappa shape index (κ3) is 5.75. The van der Waals surface area contributed by atoms with Crippen molar-refractivity contribution in [2.45, 2.75) is 13.3 Å². The lowest BCUT2D eigenvalue weighted by Crippen LogP contribution is -2.21. The summed E-state index contributed by atoms with van der Waals surface area (Å²) in [6.45, 7) is 1.60. The molecule has 8 heteroatoms. The Hall–Kier alpha value is -2.62. The predicted molar refractivity (Wildman–Crippen MR) is 103 cm³/mol. The third-order valence-corrected chi connectivity index (χ3v) is 3.84. The minimum atomic E-state index is -0.644. The number of anilines is 1. The second-order valence-corrected chi connectivity index (χ2v) is 6.47. The maximum absolute atomic E-state index is 11.9. The van der Waals surface area contributed by atoms with Crippen LogP contribution in [-0.4, -0.2) is 27.7 Å². The van der Waals surface area contributed by atoms with Crippen LogP contribution in [0.3, 0.4) is 0 Å². The van der Waals surface area contributed by atoms with Crippen molar-refractivity contribution >= 4 is 45.8 Å². The van der Waals surface area contributed by atoms with E-state index in [1.807, 2.05) is 12.1 Å². The molecule has 0 bridgehead atoms. The number of nitrogens with zero attached hydrogens (tertiary/aromatic N) is 1. The number of rotatable bonds is 5. The molecule has 130 valence electrons. The molecule has 0 aliphatic rings. The zero-order chi connectivity index (χ0) is 18.4. The van der Waals surface area contributed by atoms with Crippen LogP contribution in [-0.2, 0) is 4.79 Å². The molecule has 0 saturated carbocycles. The van der Waals surface area contributed by atoms with E-state index in [0.29, 0.717) is 11.4 Å². The summed E-state index contributed by atoms with van der Waals surface area (Å²) in [4.78, 5) is 23.9. The van der Waals surface area contributed by atoms with Crippen molar-refractivity contribution in [3.05, 3.63) is 51.6 Å². The molecule has 0 saturated heterocycles. The van der Waals surface area contributed by atoms with Crippen LogP contribution >= 0.6 is 22.6 Å². The summed E-state index contributed by atoms with van der Waals surface area (Å²) < 4.78 is 1.06. The van der Waals surface area contributed by atoms with Gasteiger partial charge in [0.05, 0.1) is 12.0 Å². The molecule has 0 spiro atoms. The third-order valence-electron chi connectivity index (χ3n) is 3.12. The molecule has 2 aromatic carbocycles. The maximum Gasteiger partial charge on any atom is 0.275 e. The predicted octanol–water partition coefficient (Wildman–Crippen LogP) is 2.84. The van der Waals surface area contributed by atoms with Crippen LogP contribution in [0.4, 0.5) is 5.69 Å². The number of nitrogens with one attached hydrogen (secondary N) is 2. The number of carbonyl (C=O) groups is 2. The Bertz CT molecular complexity index is 819. The van der Waals surface area contributed by atoms with Crippen molar-refractivity contribution < 1.29 is 19.8 Å². The number of aromatic hydroxyl groups is 2. The van der Waals surface area contributed by atoms with Crippen LogP contribution in [0, 0.1) is 3.57 Å². The van der Waals surface area contributed by atoms with E-state index in [9.17, 15) is 19.8 Å². The lowest BCUT2D eigenvalue weighted by molar-refractivity contribution is -0.115. The summed E-state index contributed by atoms with van der Waals surface area (Å²) >= 11 is 2.17. The number of phenols is 2. The lowest BCUT2D eigenvalue weighted by atomic mass is 10.2. The normalized spacial score (nSPS) is 11.0. The quantitative estimate of drug-likeness (QED) is 0.317. The van der Waals surface area contributed by atoms with E-state index in [0.717, 1.165) is 9.64 Å². The van der Waals surface area contributed by atoms with Crippen LogP contribution in [0.5, 0.6) is 11.5 Å². The van der Waals surface area contributed by atoms with E-state index in [-0.39, 0.29) is 29.4 Å². The molecule has 2 amide bonds. The lowest BCUT2D eigenvalue weighted by Gasteiger charge is -2.06. The van der Waals surface area contributed by atoms with E-state index < -0.39 is 5.91 Å². The Morgan fingerprint density at radius 3 is 2.44 bits per heavy atom. The summed E-state index contributed by atoms with van der Waals surface area (Å²) in [6.07, 6.45) is 0.00776. The maximum atomic E-state index is 11.9. The molecule has 0 atom stereocenters. The molecule has 4 N–H and O–H groups in total. The summed E-state index contributed by atoms with van der Waals surface area (Å²) in [5.74, 6) is -1.41. The van der Waals surface area contributed by atoms with E-state index in [4.69, 9.17) is 0 Å². The van der Waals surface area contributed by atoms with Gasteiger partial charge in [-0.15, -0.1) is 0 Å². The van der Waals surface area contributed by atoms with Crippen LogP contribution in [0.25, 0.3) is 0 Å². The van der Waals surface area contributed by atoms with E-state index in [2.05, 4.69) is 38.4 Å². The highest BCUT2D eigenvalue weighted by atomic mass is 127. The highest BCUT2D eigenvalue weighted by Gasteiger charge is 2.11. The van der Waals surface area contributed by atoms with E-state index in [1.165, 1.54) is 12.1 Å². The highest BCUT2D eigenvalue weighted by molar-refractivity contribution is 14.1. The van der Waals surface area contributed by atoms with Gasteiger partial charge in [0.1, 0.15) is 11.5 Å². The molecular weight excluding hydrogens is 437 g/mol. The Labute approximate surface area is 157 Å². The van der Waals surface area contributed by atoms with Gasteiger partial charge in [-0.2, -0.15) is 5.10 Å². The molecule has 7 nitrogen and oxygen atoms in total. The van der Waals surface area contributed by atoms with Gasteiger partial charge >= 0.3 is 0 Å².